The van der Waals surface area contributed by atoms with Gasteiger partial charge in [-0.1, -0.05) is 33.6 Å². The molecule has 2 fully saturated rings. The monoisotopic (exact) mass is 266 g/mol. The lowest BCUT2D eigenvalue weighted by molar-refractivity contribution is 0.0206. The van der Waals surface area contributed by atoms with Crippen molar-refractivity contribution in [1.82, 2.24) is 10.2 Å². The van der Waals surface area contributed by atoms with E-state index in [9.17, 15) is 0 Å². The number of nitrogens with zero attached hydrogens (tertiary/aromatic N) is 1. The average Bonchev–Trinajstić information content (AvgIpc) is 3.00. The molecule has 1 aliphatic heterocycles. The van der Waals surface area contributed by atoms with E-state index in [0.717, 1.165) is 18.0 Å². The topological polar surface area (TPSA) is 15.3 Å². The van der Waals surface area contributed by atoms with Crippen molar-refractivity contribution in [2.75, 3.05) is 13.1 Å². The van der Waals surface area contributed by atoms with Crippen LogP contribution in [0.1, 0.15) is 72.6 Å². The van der Waals surface area contributed by atoms with Gasteiger partial charge in [-0.2, -0.15) is 0 Å². The highest BCUT2D eigenvalue weighted by Crippen LogP contribution is 2.34. The molecule has 19 heavy (non-hydrogen) atoms. The normalized spacial score (nSPS) is 30.6. The van der Waals surface area contributed by atoms with Crippen molar-refractivity contribution in [3.8, 4) is 0 Å². The van der Waals surface area contributed by atoms with Crippen LogP contribution in [-0.2, 0) is 0 Å². The van der Waals surface area contributed by atoms with E-state index in [4.69, 9.17) is 0 Å². The molecule has 1 heterocycles. The molecule has 1 N–H and O–H groups in total. The van der Waals surface area contributed by atoms with Gasteiger partial charge < -0.3 is 5.32 Å². The van der Waals surface area contributed by atoms with Crippen LogP contribution >= 0.6 is 0 Å². The highest BCUT2D eigenvalue weighted by Gasteiger charge is 2.39. The molecule has 0 aromatic carbocycles. The van der Waals surface area contributed by atoms with Crippen LogP contribution in [0.3, 0.4) is 0 Å². The van der Waals surface area contributed by atoms with Crippen molar-refractivity contribution in [1.29, 1.82) is 0 Å². The van der Waals surface area contributed by atoms with Crippen LogP contribution < -0.4 is 5.32 Å². The first kappa shape index (κ1) is 15.3. The zero-order valence-corrected chi connectivity index (χ0v) is 13.5. The minimum Gasteiger partial charge on any atom is -0.308 e. The predicted molar refractivity (Wildman–Crippen MR) is 83.5 cm³/mol. The first-order chi connectivity index (χ1) is 9.15. The first-order valence-corrected chi connectivity index (χ1v) is 8.66. The Bertz CT molecular complexity index is 266. The Morgan fingerprint density at radius 2 is 1.79 bits per heavy atom. The molecule has 2 aliphatic rings. The Morgan fingerprint density at radius 3 is 2.32 bits per heavy atom. The third-order valence-electron chi connectivity index (χ3n) is 6.10. The molecule has 1 saturated carbocycles. The van der Waals surface area contributed by atoms with Gasteiger partial charge in [0, 0.05) is 30.7 Å². The van der Waals surface area contributed by atoms with E-state index in [1.165, 1.54) is 58.0 Å². The summed E-state index contributed by atoms with van der Waals surface area (Å²) in [7, 11) is 0. The fourth-order valence-electron chi connectivity index (χ4n) is 4.28. The Morgan fingerprint density at radius 1 is 1.16 bits per heavy atom. The molecule has 2 atom stereocenters. The van der Waals surface area contributed by atoms with Crippen LogP contribution in [-0.4, -0.2) is 35.6 Å². The third kappa shape index (κ3) is 3.16. The summed E-state index contributed by atoms with van der Waals surface area (Å²) >= 11 is 0. The molecule has 0 spiro atoms. The Hall–Kier alpha value is -0.0800. The molecule has 1 saturated heterocycles. The van der Waals surface area contributed by atoms with Crippen molar-refractivity contribution >= 4 is 0 Å². The standard InChI is InChI=1S/C17H34N2/c1-5-16-12-18-17(6-2,7-3)13-19(16)14(4)15-10-8-9-11-15/h14-16,18H,5-13H2,1-4H3. The molecule has 2 rings (SSSR count). The fourth-order valence-corrected chi connectivity index (χ4v) is 4.28. The van der Waals surface area contributed by atoms with Gasteiger partial charge in [0.1, 0.15) is 0 Å². The molecule has 0 bridgehead atoms. The van der Waals surface area contributed by atoms with E-state index in [1.807, 2.05) is 0 Å². The van der Waals surface area contributed by atoms with Crippen molar-refractivity contribution in [3.05, 3.63) is 0 Å². The fraction of sp³-hybridized carbons (Fsp3) is 1.00. The summed E-state index contributed by atoms with van der Waals surface area (Å²) in [5.41, 5.74) is 0.374. The summed E-state index contributed by atoms with van der Waals surface area (Å²) in [4.78, 5) is 2.86. The molecule has 2 heteroatoms. The predicted octanol–water partition coefficient (Wildman–Crippen LogP) is 3.81. The lowest BCUT2D eigenvalue weighted by atomic mass is 9.85. The van der Waals surface area contributed by atoms with Crippen LogP contribution in [0.5, 0.6) is 0 Å². The second-order valence-electron chi connectivity index (χ2n) is 6.89. The third-order valence-corrected chi connectivity index (χ3v) is 6.10. The van der Waals surface area contributed by atoms with Crippen molar-refractivity contribution in [3.63, 3.8) is 0 Å². The number of hydrogen-bond donors (Lipinski definition) is 1. The largest absolute Gasteiger partial charge is 0.308 e. The lowest BCUT2D eigenvalue weighted by Crippen LogP contribution is -2.66. The maximum atomic E-state index is 3.87. The molecule has 0 amide bonds. The van der Waals surface area contributed by atoms with Crippen molar-refractivity contribution < 1.29 is 0 Å². The van der Waals surface area contributed by atoms with E-state index in [-0.39, 0.29) is 0 Å². The molecule has 0 aromatic heterocycles. The summed E-state index contributed by atoms with van der Waals surface area (Å²) in [5, 5.41) is 3.87. The van der Waals surface area contributed by atoms with Crippen LogP contribution in [0.2, 0.25) is 0 Å². The van der Waals surface area contributed by atoms with Gasteiger partial charge in [0.2, 0.25) is 0 Å². The number of rotatable bonds is 5. The minimum absolute atomic E-state index is 0.374. The summed E-state index contributed by atoms with van der Waals surface area (Å²) in [6, 6.07) is 1.54. The quantitative estimate of drug-likeness (QED) is 0.814. The number of piperazine rings is 1. The van der Waals surface area contributed by atoms with Gasteiger partial charge in [-0.3, -0.25) is 4.90 Å². The van der Waals surface area contributed by atoms with Gasteiger partial charge in [-0.25, -0.2) is 0 Å². The number of nitrogens with one attached hydrogen (secondary N) is 1. The molecule has 2 unspecified atom stereocenters. The highest BCUT2D eigenvalue weighted by molar-refractivity contribution is 4.99. The summed E-state index contributed by atoms with van der Waals surface area (Å²) in [6.07, 6.45) is 9.66. The minimum atomic E-state index is 0.374. The second-order valence-corrected chi connectivity index (χ2v) is 6.89. The van der Waals surface area contributed by atoms with Gasteiger partial charge in [0.15, 0.2) is 0 Å². The van der Waals surface area contributed by atoms with Crippen LogP contribution in [0.4, 0.5) is 0 Å². The van der Waals surface area contributed by atoms with E-state index < -0.39 is 0 Å². The first-order valence-electron chi connectivity index (χ1n) is 8.66. The SMILES string of the molecule is CCC1CNC(CC)(CC)CN1C(C)C1CCCC1. The zero-order chi connectivity index (χ0) is 13.9. The molecule has 0 aromatic rings. The zero-order valence-electron chi connectivity index (χ0n) is 13.5. The van der Waals surface area contributed by atoms with Gasteiger partial charge in [0.05, 0.1) is 0 Å². The van der Waals surface area contributed by atoms with Crippen molar-refractivity contribution in [2.45, 2.75) is 90.3 Å². The number of hydrogen-bond acceptors (Lipinski definition) is 2. The second kappa shape index (κ2) is 6.58. The van der Waals surface area contributed by atoms with E-state index >= 15 is 0 Å². The average molecular weight is 266 g/mol. The van der Waals surface area contributed by atoms with Gasteiger partial charge in [0.25, 0.3) is 0 Å². The van der Waals surface area contributed by atoms with E-state index in [1.54, 1.807) is 0 Å². The van der Waals surface area contributed by atoms with Crippen molar-refractivity contribution in [2.24, 2.45) is 5.92 Å². The van der Waals surface area contributed by atoms with E-state index in [2.05, 4.69) is 37.9 Å². The molecular weight excluding hydrogens is 232 g/mol. The lowest BCUT2D eigenvalue weighted by Gasteiger charge is -2.51. The maximum Gasteiger partial charge on any atom is 0.0304 e. The molecule has 2 nitrogen and oxygen atoms in total. The van der Waals surface area contributed by atoms with E-state index in [0.29, 0.717) is 5.54 Å². The Kier molecular flexibility index (Phi) is 5.30. The Labute approximate surface area is 120 Å². The molecule has 112 valence electrons. The summed E-state index contributed by atoms with van der Waals surface area (Å²) < 4.78 is 0. The molecule has 1 aliphatic carbocycles. The molecular formula is C17H34N2. The smallest absolute Gasteiger partial charge is 0.0304 e. The van der Waals surface area contributed by atoms with Gasteiger partial charge >= 0.3 is 0 Å². The highest BCUT2D eigenvalue weighted by atomic mass is 15.3. The van der Waals surface area contributed by atoms with Gasteiger partial charge in [-0.15, -0.1) is 0 Å². The summed E-state index contributed by atoms with van der Waals surface area (Å²) in [6.45, 7) is 12.0. The summed E-state index contributed by atoms with van der Waals surface area (Å²) in [5.74, 6) is 0.957. The van der Waals surface area contributed by atoms with Crippen LogP contribution in [0.25, 0.3) is 0 Å². The maximum absolute atomic E-state index is 3.87. The molecule has 0 radical (unpaired) electrons. The van der Waals surface area contributed by atoms with Crippen LogP contribution in [0, 0.1) is 5.92 Å². The van der Waals surface area contributed by atoms with Gasteiger partial charge in [-0.05, 0) is 44.9 Å². The van der Waals surface area contributed by atoms with Crippen LogP contribution in [0.15, 0.2) is 0 Å². The Balaban J connectivity index is 2.08.